The molecule has 2 rings (SSSR count). The van der Waals surface area contributed by atoms with Gasteiger partial charge in [-0.05, 0) is 37.5 Å². The first kappa shape index (κ1) is 10.7. The quantitative estimate of drug-likeness (QED) is 0.827. The van der Waals surface area contributed by atoms with Crippen molar-refractivity contribution in [2.45, 2.75) is 26.2 Å². The second-order valence-electron chi connectivity index (χ2n) is 3.95. The Balaban J connectivity index is 2.12. The van der Waals surface area contributed by atoms with Crippen molar-refractivity contribution in [2.24, 2.45) is 0 Å². The monoisotopic (exact) mass is 218 g/mol. The molecule has 4 heteroatoms. The van der Waals surface area contributed by atoms with Crippen molar-refractivity contribution in [3.63, 3.8) is 0 Å². The molecular weight excluding hydrogens is 204 g/mol. The zero-order valence-corrected chi connectivity index (χ0v) is 9.16. The Bertz CT molecular complexity index is 517. The number of rotatable bonds is 4. The Labute approximate surface area is 93.3 Å². The number of nitrogens with zero attached hydrogens (tertiary/aromatic N) is 1. The van der Waals surface area contributed by atoms with E-state index in [0.29, 0.717) is 6.42 Å². The highest BCUT2D eigenvalue weighted by atomic mass is 16.4. The molecule has 16 heavy (non-hydrogen) atoms. The minimum atomic E-state index is -0.736. The topological polar surface area (TPSA) is 66.0 Å². The molecule has 0 spiro atoms. The van der Waals surface area contributed by atoms with E-state index in [4.69, 9.17) is 5.11 Å². The number of carbonyl (C=O) groups is 1. The number of benzene rings is 1. The highest BCUT2D eigenvalue weighted by molar-refractivity contribution is 5.81. The lowest BCUT2D eigenvalue weighted by Gasteiger charge is -2.00. The highest BCUT2D eigenvalue weighted by Gasteiger charge is 2.03. The second-order valence-corrected chi connectivity index (χ2v) is 3.95. The van der Waals surface area contributed by atoms with Crippen molar-refractivity contribution in [1.29, 1.82) is 0 Å². The van der Waals surface area contributed by atoms with Crippen LogP contribution in [-0.2, 0) is 11.2 Å². The van der Waals surface area contributed by atoms with E-state index < -0.39 is 5.97 Å². The Morgan fingerprint density at radius 2 is 2.31 bits per heavy atom. The maximum Gasteiger partial charge on any atom is 0.303 e. The molecule has 0 saturated carbocycles. The van der Waals surface area contributed by atoms with Gasteiger partial charge in [-0.15, -0.1) is 0 Å². The predicted molar refractivity (Wildman–Crippen MR) is 61.4 cm³/mol. The van der Waals surface area contributed by atoms with Gasteiger partial charge >= 0.3 is 5.97 Å². The summed E-state index contributed by atoms with van der Waals surface area (Å²) in [5.41, 5.74) is 3.17. The second kappa shape index (κ2) is 4.35. The van der Waals surface area contributed by atoms with Crippen molar-refractivity contribution in [1.82, 2.24) is 10.2 Å². The third kappa shape index (κ3) is 2.21. The van der Waals surface area contributed by atoms with Crippen LogP contribution < -0.4 is 0 Å². The smallest absolute Gasteiger partial charge is 0.303 e. The van der Waals surface area contributed by atoms with Crippen LogP contribution >= 0.6 is 0 Å². The molecule has 0 unspecified atom stereocenters. The summed E-state index contributed by atoms with van der Waals surface area (Å²) < 4.78 is 0. The molecule has 2 N–H and O–H groups in total. The Kier molecular flexibility index (Phi) is 2.90. The zero-order valence-electron chi connectivity index (χ0n) is 9.16. The molecule has 0 saturated heterocycles. The third-order valence-electron chi connectivity index (χ3n) is 2.67. The fraction of sp³-hybridized carbons (Fsp3) is 0.333. The number of carboxylic acids is 1. The molecular formula is C12H14N2O2. The van der Waals surface area contributed by atoms with Crippen LogP contribution in [0.1, 0.15) is 24.1 Å². The molecule has 0 amide bonds. The number of H-pyrrole nitrogens is 1. The van der Waals surface area contributed by atoms with Crippen molar-refractivity contribution in [2.75, 3.05) is 0 Å². The number of carboxylic acid groups (broad SMARTS) is 1. The van der Waals surface area contributed by atoms with Gasteiger partial charge in [0.15, 0.2) is 0 Å². The van der Waals surface area contributed by atoms with Crippen LogP contribution in [0.25, 0.3) is 10.9 Å². The van der Waals surface area contributed by atoms with E-state index in [1.54, 1.807) is 0 Å². The Morgan fingerprint density at radius 1 is 1.50 bits per heavy atom. The molecule has 0 bridgehead atoms. The van der Waals surface area contributed by atoms with Crippen LogP contribution in [0.2, 0.25) is 0 Å². The average molecular weight is 218 g/mol. The first-order chi connectivity index (χ1) is 7.66. The number of aromatic nitrogens is 2. The SMILES string of the molecule is Cc1[nH]nc2ccc(CCCC(=O)O)cc12. The van der Waals surface area contributed by atoms with Gasteiger partial charge in [0.05, 0.1) is 5.52 Å². The number of fused-ring (bicyclic) bond motifs is 1. The molecule has 1 aromatic heterocycles. The molecule has 84 valence electrons. The van der Waals surface area contributed by atoms with E-state index in [0.717, 1.165) is 23.0 Å². The molecule has 1 heterocycles. The van der Waals surface area contributed by atoms with Crippen molar-refractivity contribution < 1.29 is 9.90 Å². The van der Waals surface area contributed by atoms with E-state index in [1.165, 1.54) is 5.56 Å². The van der Waals surface area contributed by atoms with Gasteiger partial charge in [-0.3, -0.25) is 9.89 Å². The molecule has 0 atom stereocenters. The largest absolute Gasteiger partial charge is 0.481 e. The lowest BCUT2D eigenvalue weighted by atomic mass is 10.1. The summed E-state index contributed by atoms with van der Waals surface area (Å²) in [5.74, 6) is -0.736. The fourth-order valence-corrected chi connectivity index (χ4v) is 1.78. The molecule has 2 aromatic rings. The van der Waals surface area contributed by atoms with Gasteiger partial charge < -0.3 is 5.11 Å². The summed E-state index contributed by atoms with van der Waals surface area (Å²) in [4.78, 5) is 10.4. The first-order valence-corrected chi connectivity index (χ1v) is 5.32. The summed E-state index contributed by atoms with van der Waals surface area (Å²) in [6.45, 7) is 1.98. The third-order valence-corrected chi connectivity index (χ3v) is 2.67. The van der Waals surface area contributed by atoms with Crippen LogP contribution in [0.5, 0.6) is 0 Å². The van der Waals surface area contributed by atoms with Crippen LogP contribution in [-0.4, -0.2) is 21.3 Å². The van der Waals surface area contributed by atoms with Gasteiger partial charge in [0.25, 0.3) is 0 Å². The van der Waals surface area contributed by atoms with Gasteiger partial charge in [0.1, 0.15) is 0 Å². The number of aliphatic carboxylic acids is 1. The van der Waals surface area contributed by atoms with E-state index in [2.05, 4.69) is 16.3 Å². The summed E-state index contributed by atoms with van der Waals surface area (Å²) in [6.07, 6.45) is 1.70. The van der Waals surface area contributed by atoms with Gasteiger partial charge in [-0.2, -0.15) is 5.10 Å². The van der Waals surface area contributed by atoms with E-state index >= 15 is 0 Å². The molecule has 1 aromatic carbocycles. The Hall–Kier alpha value is -1.84. The van der Waals surface area contributed by atoms with E-state index in [-0.39, 0.29) is 6.42 Å². The first-order valence-electron chi connectivity index (χ1n) is 5.32. The van der Waals surface area contributed by atoms with Crippen LogP contribution in [0.4, 0.5) is 0 Å². The zero-order chi connectivity index (χ0) is 11.5. The maximum atomic E-state index is 10.4. The standard InChI is InChI=1S/C12H14N2O2/c1-8-10-7-9(3-2-4-12(15)16)5-6-11(10)14-13-8/h5-7H,2-4H2,1H3,(H,13,14)(H,15,16). The molecule has 4 nitrogen and oxygen atoms in total. The van der Waals surface area contributed by atoms with E-state index in [1.807, 2.05) is 19.1 Å². The Morgan fingerprint density at radius 3 is 3.06 bits per heavy atom. The normalized spacial score (nSPS) is 10.8. The molecule has 0 aliphatic carbocycles. The fourth-order valence-electron chi connectivity index (χ4n) is 1.78. The van der Waals surface area contributed by atoms with Gasteiger partial charge in [-0.1, -0.05) is 6.07 Å². The summed E-state index contributed by atoms with van der Waals surface area (Å²) in [5, 5.41) is 16.8. The van der Waals surface area contributed by atoms with Gasteiger partial charge in [0.2, 0.25) is 0 Å². The molecule has 0 radical (unpaired) electrons. The summed E-state index contributed by atoms with van der Waals surface area (Å²) in [7, 11) is 0. The highest BCUT2D eigenvalue weighted by Crippen LogP contribution is 2.18. The average Bonchev–Trinajstić information content (AvgIpc) is 2.60. The number of hydrogen-bond donors (Lipinski definition) is 2. The van der Waals surface area contributed by atoms with Crippen LogP contribution in [0.3, 0.4) is 0 Å². The number of aryl methyl sites for hydroxylation is 2. The molecule has 0 aliphatic rings. The van der Waals surface area contributed by atoms with Crippen LogP contribution in [0, 0.1) is 6.92 Å². The van der Waals surface area contributed by atoms with Crippen molar-refractivity contribution >= 4 is 16.9 Å². The van der Waals surface area contributed by atoms with Crippen molar-refractivity contribution in [3.8, 4) is 0 Å². The van der Waals surface area contributed by atoms with Gasteiger partial charge in [-0.25, -0.2) is 0 Å². The number of hydrogen-bond acceptors (Lipinski definition) is 2. The lowest BCUT2D eigenvalue weighted by Crippen LogP contribution is -1.95. The summed E-state index contributed by atoms with van der Waals surface area (Å²) in [6, 6.07) is 6.05. The lowest BCUT2D eigenvalue weighted by molar-refractivity contribution is -0.137. The molecule has 0 fully saturated rings. The van der Waals surface area contributed by atoms with Crippen molar-refractivity contribution in [3.05, 3.63) is 29.5 Å². The minimum Gasteiger partial charge on any atom is -0.481 e. The van der Waals surface area contributed by atoms with Gasteiger partial charge in [0, 0.05) is 17.5 Å². The summed E-state index contributed by atoms with van der Waals surface area (Å²) >= 11 is 0. The van der Waals surface area contributed by atoms with E-state index in [9.17, 15) is 4.79 Å². The maximum absolute atomic E-state index is 10.4. The molecule has 0 aliphatic heterocycles. The van der Waals surface area contributed by atoms with Crippen LogP contribution in [0.15, 0.2) is 18.2 Å². The number of nitrogens with one attached hydrogen (secondary N) is 1. The number of aromatic amines is 1. The minimum absolute atomic E-state index is 0.225. The predicted octanol–water partition coefficient (Wildman–Crippen LogP) is 2.28.